The van der Waals surface area contributed by atoms with Crippen molar-refractivity contribution in [2.24, 2.45) is 0 Å². The molecule has 0 bridgehead atoms. The highest BCUT2D eigenvalue weighted by molar-refractivity contribution is 5.76. The molecule has 0 aromatic carbocycles. The Balaban J connectivity index is 1.81. The zero-order valence-electron chi connectivity index (χ0n) is 9.59. The minimum absolute atomic E-state index is 0.226. The lowest BCUT2D eigenvalue weighted by molar-refractivity contribution is -0.134. The maximum absolute atomic E-state index is 12.0. The van der Waals surface area contributed by atoms with E-state index in [0.717, 1.165) is 19.6 Å². The van der Waals surface area contributed by atoms with Crippen molar-refractivity contribution in [2.45, 2.75) is 25.9 Å². The van der Waals surface area contributed by atoms with E-state index < -0.39 is 0 Å². The molecule has 2 rings (SSSR count). The van der Waals surface area contributed by atoms with Gasteiger partial charge in [-0.1, -0.05) is 0 Å². The van der Waals surface area contributed by atoms with Gasteiger partial charge in [-0.2, -0.15) is 5.10 Å². The number of nitrogens with one attached hydrogen (secondary N) is 1. The molecule has 5 nitrogen and oxygen atoms in total. The van der Waals surface area contributed by atoms with Crippen LogP contribution in [0.15, 0.2) is 18.5 Å². The molecule has 0 aliphatic carbocycles. The Morgan fingerprint density at radius 2 is 2.44 bits per heavy atom. The topological polar surface area (TPSA) is 50.2 Å². The maximum Gasteiger partial charge on any atom is 0.224 e. The first kappa shape index (κ1) is 11.1. The third-order valence-corrected chi connectivity index (χ3v) is 2.98. The summed E-state index contributed by atoms with van der Waals surface area (Å²) in [5.41, 5.74) is 0. The fourth-order valence-electron chi connectivity index (χ4n) is 1.92. The van der Waals surface area contributed by atoms with E-state index in [-0.39, 0.29) is 5.91 Å². The summed E-state index contributed by atoms with van der Waals surface area (Å²) >= 11 is 0. The van der Waals surface area contributed by atoms with E-state index in [4.69, 9.17) is 0 Å². The summed E-state index contributed by atoms with van der Waals surface area (Å²) in [6.45, 7) is 5.36. The zero-order chi connectivity index (χ0) is 11.4. The van der Waals surface area contributed by atoms with Gasteiger partial charge in [0.25, 0.3) is 0 Å². The molecule has 2 heterocycles. The van der Waals surface area contributed by atoms with E-state index in [1.807, 2.05) is 24.1 Å². The van der Waals surface area contributed by atoms with E-state index in [9.17, 15) is 4.79 Å². The van der Waals surface area contributed by atoms with Gasteiger partial charge in [-0.05, 0) is 13.0 Å². The van der Waals surface area contributed by atoms with Crippen LogP contribution >= 0.6 is 0 Å². The van der Waals surface area contributed by atoms with Gasteiger partial charge in [0.15, 0.2) is 0 Å². The van der Waals surface area contributed by atoms with Gasteiger partial charge in [0.2, 0.25) is 5.91 Å². The second-order valence-corrected chi connectivity index (χ2v) is 4.01. The quantitative estimate of drug-likeness (QED) is 0.768. The van der Waals surface area contributed by atoms with Crippen LogP contribution in [-0.4, -0.2) is 46.3 Å². The van der Waals surface area contributed by atoms with Crippen molar-refractivity contribution in [1.29, 1.82) is 0 Å². The average Bonchev–Trinajstić information content (AvgIpc) is 2.72. The Labute approximate surface area is 95.4 Å². The van der Waals surface area contributed by atoms with Crippen molar-refractivity contribution in [3.63, 3.8) is 0 Å². The van der Waals surface area contributed by atoms with Gasteiger partial charge >= 0.3 is 0 Å². The predicted octanol–water partition coefficient (Wildman–Crippen LogP) is 0.0935. The van der Waals surface area contributed by atoms with Crippen molar-refractivity contribution >= 4 is 5.91 Å². The Kier molecular flexibility index (Phi) is 3.56. The SMILES string of the molecule is CCN(C(=O)CCn1cccn1)C1CNC1. The number of hydrogen-bond donors (Lipinski definition) is 1. The number of rotatable bonds is 5. The molecule has 0 saturated carbocycles. The van der Waals surface area contributed by atoms with Gasteiger partial charge in [0.05, 0.1) is 6.04 Å². The lowest BCUT2D eigenvalue weighted by Crippen LogP contribution is -2.58. The molecule has 5 heteroatoms. The van der Waals surface area contributed by atoms with Crippen molar-refractivity contribution in [3.8, 4) is 0 Å². The van der Waals surface area contributed by atoms with E-state index in [1.54, 1.807) is 10.9 Å². The molecule has 0 unspecified atom stereocenters. The molecule has 0 spiro atoms. The summed E-state index contributed by atoms with van der Waals surface area (Å²) in [4.78, 5) is 13.9. The van der Waals surface area contributed by atoms with E-state index in [1.165, 1.54) is 0 Å². The summed E-state index contributed by atoms with van der Waals surface area (Å²) < 4.78 is 1.80. The lowest BCUT2D eigenvalue weighted by atomic mass is 10.1. The first-order valence-electron chi connectivity index (χ1n) is 5.79. The van der Waals surface area contributed by atoms with Crippen LogP contribution in [0.3, 0.4) is 0 Å². The van der Waals surface area contributed by atoms with Gasteiger partial charge in [-0.3, -0.25) is 9.48 Å². The van der Waals surface area contributed by atoms with Gasteiger partial charge in [-0.15, -0.1) is 0 Å². The summed E-state index contributed by atoms with van der Waals surface area (Å²) in [6, 6.07) is 2.27. The fourth-order valence-corrected chi connectivity index (χ4v) is 1.92. The molecule has 1 N–H and O–H groups in total. The molecule has 1 aliphatic heterocycles. The van der Waals surface area contributed by atoms with Crippen molar-refractivity contribution in [1.82, 2.24) is 20.0 Å². The minimum Gasteiger partial charge on any atom is -0.337 e. The number of likely N-dealkylation sites (N-methyl/N-ethyl adjacent to an activating group) is 1. The lowest BCUT2D eigenvalue weighted by Gasteiger charge is -2.37. The van der Waals surface area contributed by atoms with Crippen LogP contribution in [0.4, 0.5) is 0 Å². The van der Waals surface area contributed by atoms with Crippen LogP contribution in [0.25, 0.3) is 0 Å². The second-order valence-electron chi connectivity index (χ2n) is 4.01. The first-order chi connectivity index (χ1) is 7.81. The number of carbonyl (C=O) groups excluding carboxylic acids is 1. The van der Waals surface area contributed by atoms with Crippen LogP contribution in [0, 0.1) is 0 Å². The molecule has 0 atom stereocenters. The minimum atomic E-state index is 0.226. The molecular formula is C11H18N4O. The summed E-state index contributed by atoms with van der Waals surface area (Å²) in [5, 5.41) is 7.28. The summed E-state index contributed by atoms with van der Waals surface area (Å²) in [7, 11) is 0. The fraction of sp³-hybridized carbons (Fsp3) is 0.636. The Hall–Kier alpha value is -1.36. The van der Waals surface area contributed by atoms with Crippen molar-refractivity contribution < 1.29 is 4.79 Å². The third kappa shape index (κ3) is 2.41. The maximum atomic E-state index is 12.0. The van der Waals surface area contributed by atoms with Crippen LogP contribution < -0.4 is 5.32 Å². The molecule has 1 amide bonds. The van der Waals surface area contributed by atoms with E-state index in [0.29, 0.717) is 19.0 Å². The van der Waals surface area contributed by atoms with Gasteiger partial charge < -0.3 is 10.2 Å². The highest BCUT2D eigenvalue weighted by Crippen LogP contribution is 2.07. The largest absolute Gasteiger partial charge is 0.337 e. The third-order valence-electron chi connectivity index (χ3n) is 2.98. The summed E-state index contributed by atoms with van der Waals surface area (Å²) in [6.07, 6.45) is 4.15. The van der Waals surface area contributed by atoms with Gasteiger partial charge in [-0.25, -0.2) is 0 Å². The highest BCUT2D eigenvalue weighted by Gasteiger charge is 2.26. The van der Waals surface area contributed by atoms with Crippen molar-refractivity contribution in [2.75, 3.05) is 19.6 Å². The molecule has 88 valence electrons. The van der Waals surface area contributed by atoms with Crippen LogP contribution in [0.5, 0.6) is 0 Å². The van der Waals surface area contributed by atoms with Crippen LogP contribution in [0.2, 0.25) is 0 Å². The zero-order valence-corrected chi connectivity index (χ0v) is 9.59. The molecule has 16 heavy (non-hydrogen) atoms. The molecule has 1 aromatic heterocycles. The smallest absolute Gasteiger partial charge is 0.224 e. The number of hydrogen-bond acceptors (Lipinski definition) is 3. The van der Waals surface area contributed by atoms with E-state index >= 15 is 0 Å². The molecule has 0 radical (unpaired) electrons. The Bertz CT molecular complexity index is 332. The Morgan fingerprint density at radius 1 is 1.62 bits per heavy atom. The van der Waals surface area contributed by atoms with Crippen molar-refractivity contribution in [3.05, 3.63) is 18.5 Å². The number of nitrogens with zero attached hydrogens (tertiary/aromatic N) is 3. The van der Waals surface area contributed by atoms with Gasteiger partial charge in [0, 0.05) is 45.0 Å². The highest BCUT2D eigenvalue weighted by atomic mass is 16.2. The second kappa shape index (κ2) is 5.12. The predicted molar refractivity (Wildman–Crippen MR) is 60.9 cm³/mol. The summed E-state index contributed by atoms with van der Waals surface area (Å²) in [5.74, 6) is 0.226. The monoisotopic (exact) mass is 222 g/mol. The standard InChI is InChI=1S/C11H18N4O/c1-2-15(10-8-12-9-10)11(16)4-7-14-6-3-5-13-14/h3,5-6,10,12H,2,4,7-9H2,1H3. The normalized spacial score (nSPS) is 15.8. The molecule has 1 aliphatic rings. The number of amides is 1. The molecule has 1 aromatic rings. The average molecular weight is 222 g/mol. The number of aromatic nitrogens is 2. The first-order valence-corrected chi connectivity index (χ1v) is 5.79. The van der Waals surface area contributed by atoms with Gasteiger partial charge in [0.1, 0.15) is 0 Å². The molecular weight excluding hydrogens is 204 g/mol. The Morgan fingerprint density at radius 3 is 2.94 bits per heavy atom. The van der Waals surface area contributed by atoms with Crippen LogP contribution in [0.1, 0.15) is 13.3 Å². The number of aryl methyl sites for hydroxylation is 1. The molecule has 1 fully saturated rings. The molecule has 1 saturated heterocycles. The number of carbonyl (C=O) groups is 1. The van der Waals surface area contributed by atoms with Crippen LogP contribution in [-0.2, 0) is 11.3 Å². The van der Waals surface area contributed by atoms with E-state index in [2.05, 4.69) is 10.4 Å².